The number of fused-ring (bicyclic) bond motifs is 1. The van der Waals surface area contributed by atoms with Crippen LogP contribution in [0.1, 0.15) is 55.3 Å². The van der Waals surface area contributed by atoms with Gasteiger partial charge in [-0.1, -0.05) is 30.3 Å². The fourth-order valence-electron chi connectivity index (χ4n) is 4.10. The van der Waals surface area contributed by atoms with E-state index in [2.05, 4.69) is 23.5 Å². The van der Waals surface area contributed by atoms with Crippen molar-refractivity contribution in [2.24, 2.45) is 0 Å². The fourth-order valence-corrected chi connectivity index (χ4v) is 5.07. The highest BCUT2D eigenvalue weighted by atomic mass is 32.2. The Kier molecular flexibility index (Phi) is 7.59. The number of hydrogen-bond donors (Lipinski definition) is 1. The van der Waals surface area contributed by atoms with E-state index in [-0.39, 0.29) is 24.9 Å². The largest absolute Gasteiger partial charge is 0.495 e. The average Bonchev–Trinajstić information content (AvgIpc) is 2.75. The maximum absolute atomic E-state index is 12.5. The number of carbonyl (C=O) groups is 1. The molecule has 0 heterocycles. The van der Waals surface area contributed by atoms with Crippen LogP contribution >= 0.6 is 0 Å². The second kappa shape index (κ2) is 10.2. The van der Waals surface area contributed by atoms with Gasteiger partial charge in [0.15, 0.2) is 0 Å². The van der Waals surface area contributed by atoms with E-state index in [1.165, 1.54) is 35.4 Å². The van der Waals surface area contributed by atoms with Crippen LogP contribution in [0, 0.1) is 0 Å². The highest BCUT2D eigenvalue weighted by molar-refractivity contribution is 7.92. The Hall–Kier alpha value is -2.54. The van der Waals surface area contributed by atoms with Crippen LogP contribution in [-0.2, 0) is 27.7 Å². The van der Waals surface area contributed by atoms with E-state index in [1.54, 1.807) is 24.3 Å². The van der Waals surface area contributed by atoms with Crippen LogP contribution in [0.3, 0.4) is 0 Å². The fraction of sp³-hybridized carbons (Fsp3) is 0.458. The summed E-state index contributed by atoms with van der Waals surface area (Å²) in [6.07, 6.45) is 6.54. The number of nitrogens with zero attached hydrogens (tertiary/aromatic N) is 1. The van der Waals surface area contributed by atoms with Crippen LogP contribution in [0.2, 0.25) is 0 Å². The maximum atomic E-state index is 12.5. The summed E-state index contributed by atoms with van der Waals surface area (Å²) in [5, 5.41) is 3.05. The molecule has 3 rings (SSSR count). The zero-order valence-electron chi connectivity index (χ0n) is 18.6. The molecule has 31 heavy (non-hydrogen) atoms. The number of amides is 1. The molecule has 1 unspecified atom stereocenters. The minimum atomic E-state index is -3.50. The number of nitrogens with one attached hydrogen (secondary N) is 1. The highest BCUT2D eigenvalue weighted by Gasteiger charge is 2.21. The number of hydrogen-bond acceptors (Lipinski definition) is 4. The Morgan fingerprint density at radius 1 is 1.13 bits per heavy atom. The molecule has 0 aliphatic heterocycles. The van der Waals surface area contributed by atoms with Gasteiger partial charge in [0.1, 0.15) is 5.75 Å². The van der Waals surface area contributed by atoms with E-state index in [9.17, 15) is 13.2 Å². The van der Waals surface area contributed by atoms with E-state index < -0.39 is 10.0 Å². The molecule has 0 radical (unpaired) electrons. The van der Waals surface area contributed by atoms with Gasteiger partial charge in [-0.3, -0.25) is 9.10 Å². The molecule has 2 aromatic rings. The predicted molar refractivity (Wildman–Crippen MR) is 124 cm³/mol. The first-order valence-electron chi connectivity index (χ1n) is 10.8. The quantitative estimate of drug-likeness (QED) is 0.634. The number of methoxy groups -OCH3 is 1. The second-order valence-electron chi connectivity index (χ2n) is 8.13. The van der Waals surface area contributed by atoms with E-state index in [0.717, 1.165) is 24.7 Å². The van der Waals surface area contributed by atoms with Crippen molar-refractivity contribution >= 4 is 21.6 Å². The first-order valence-corrected chi connectivity index (χ1v) is 12.7. The summed E-state index contributed by atoms with van der Waals surface area (Å²) < 4.78 is 31.3. The molecule has 7 heteroatoms. The van der Waals surface area contributed by atoms with Crippen molar-refractivity contribution in [3.8, 4) is 5.75 Å². The molecule has 0 aromatic heterocycles. The number of rotatable bonds is 9. The van der Waals surface area contributed by atoms with Gasteiger partial charge in [0.2, 0.25) is 15.9 Å². The number of carbonyl (C=O) groups excluding carboxylic acids is 1. The van der Waals surface area contributed by atoms with E-state index >= 15 is 0 Å². The molecule has 1 N–H and O–H groups in total. The van der Waals surface area contributed by atoms with Crippen LogP contribution in [-0.4, -0.2) is 34.2 Å². The number of anilines is 1. The lowest BCUT2D eigenvalue weighted by molar-refractivity contribution is -0.121. The van der Waals surface area contributed by atoms with Crippen molar-refractivity contribution < 1.29 is 17.9 Å². The summed E-state index contributed by atoms with van der Waals surface area (Å²) in [4.78, 5) is 12.5. The van der Waals surface area contributed by atoms with Gasteiger partial charge in [0.05, 0.1) is 25.1 Å². The van der Waals surface area contributed by atoms with Crippen LogP contribution < -0.4 is 14.4 Å². The Morgan fingerprint density at radius 3 is 2.55 bits per heavy atom. The number of benzene rings is 2. The lowest BCUT2D eigenvalue weighted by Gasteiger charge is -2.24. The third-order valence-corrected chi connectivity index (χ3v) is 6.95. The molecule has 1 amide bonds. The molecule has 6 nitrogen and oxygen atoms in total. The normalized spacial score (nSPS) is 14.4. The Morgan fingerprint density at radius 2 is 1.84 bits per heavy atom. The van der Waals surface area contributed by atoms with Gasteiger partial charge in [-0.05, 0) is 67.9 Å². The number of aryl methyl sites for hydroxylation is 2. The summed E-state index contributed by atoms with van der Waals surface area (Å²) in [5.41, 5.74) is 4.41. The van der Waals surface area contributed by atoms with Crippen molar-refractivity contribution in [1.29, 1.82) is 0 Å². The minimum Gasteiger partial charge on any atom is -0.495 e. The zero-order chi connectivity index (χ0) is 22.4. The molecule has 1 aliphatic carbocycles. The number of sulfonamides is 1. The molecular formula is C24H32N2O4S. The van der Waals surface area contributed by atoms with E-state index in [0.29, 0.717) is 17.9 Å². The second-order valence-corrected chi connectivity index (χ2v) is 10.0. The van der Waals surface area contributed by atoms with E-state index in [1.807, 2.05) is 6.92 Å². The summed E-state index contributed by atoms with van der Waals surface area (Å²) >= 11 is 0. The van der Waals surface area contributed by atoms with Gasteiger partial charge in [0, 0.05) is 13.0 Å². The topological polar surface area (TPSA) is 75.7 Å². The summed E-state index contributed by atoms with van der Waals surface area (Å²) in [6, 6.07) is 13.4. The molecule has 0 saturated heterocycles. The molecule has 2 aromatic carbocycles. The van der Waals surface area contributed by atoms with Gasteiger partial charge in [-0.15, -0.1) is 0 Å². The monoisotopic (exact) mass is 444 g/mol. The predicted octanol–water partition coefficient (Wildman–Crippen LogP) is 4.00. The number of para-hydroxylation sites is 2. The SMILES string of the molecule is COc1ccccc1N(CCCC(=O)NC(C)c1ccc2c(c1)CCCC2)S(C)(=O)=O. The highest BCUT2D eigenvalue weighted by Crippen LogP contribution is 2.30. The smallest absolute Gasteiger partial charge is 0.232 e. The minimum absolute atomic E-state index is 0.0834. The third kappa shape index (κ3) is 6.00. The Labute approximate surface area is 185 Å². The Balaban J connectivity index is 1.58. The van der Waals surface area contributed by atoms with Crippen LogP contribution in [0.15, 0.2) is 42.5 Å². The lowest BCUT2D eigenvalue weighted by Crippen LogP contribution is -2.33. The molecule has 1 aliphatic rings. The van der Waals surface area contributed by atoms with Crippen molar-refractivity contribution in [2.75, 3.05) is 24.2 Å². The van der Waals surface area contributed by atoms with Crippen molar-refractivity contribution in [3.63, 3.8) is 0 Å². The van der Waals surface area contributed by atoms with Gasteiger partial charge in [0.25, 0.3) is 0 Å². The number of ether oxygens (including phenoxy) is 1. The standard InChI is InChI=1S/C24H32N2O4S/c1-18(20-15-14-19-9-4-5-10-21(19)17-20)25-24(27)13-8-16-26(31(3,28)29)22-11-6-7-12-23(22)30-2/h6-7,11-12,14-15,17-18H,4-5,8-10,13,16H2,1-3H3,(H,25,27). The molecule has 0 fully saturated rings. The molecule has 0 saturated carbocycles. The molecule has 168 valence electrons. The van der Waals surface area contributed by atoms with Crippen LogP contribution in [0.5, 0.6) is 5.75 Å². The van der Waals surface area contributed by atoms with E-state index in [4.69, 9.17) is 4.74 Å². The van der Waals surface area contributed by atoms with Gasteiger partial charge in [-0.25, -0.2) is 8.42 Å². The molecule has 0 spiro atoms. The van der Waals surface area contributed by atoms with Gasteiger partial charge in [-0.2, -0.15) is 0 Å². The Bertz CT molecular complexity index is 1020. The van der Waals surface area contributed by atoms with Crippen LogP contribution in [0.25, 0.3) is 0 Å². The van der Waals surface area contributed by atoms with Crippen LogP contribution in [0.4, 0.5) is 5.69 Å². The third-order valence-electron chi connectivity index (χ3n) is 5.77. The molecule has 1 atom stereocenters. The summed E-state index contributed by atoms with van der Waals surface area (Å²) in [6.45, 7) is 2.19. The van der Waals surface area contributed by atoms with Crippen molar-refractivity contribution in [3.05, 3.63) is 59.2 Å². The van der Waals surface area contributed by atoms with Crippen molar-refractivity contribution in [2.45, 2.75) is 51.5 Å². The molecular weight excluding hydrogens is 412 g/mol. The summed E-state index contributed by atoms with van der Waals surface area (Å²) in [7, 11) is -1.99. The van der Waals surface area contributed by atoms with Gasteiger partial charge < -0.3 is 10.1 Å². The van der Waals surface area contributed by atoms with Gasteiger partial charge >= 0.3 is 0 Å². The zero-order valence-corrected chi connectivity index (χ0v) is 19.4. The lowest BCUT2D eigenvalue weighted by atomic mass is 9.89. The first-order chi connectivity index (χ1) is 14.8. The molecule has 0 bridgehead atoms. The maximum Gasteiger partial charge on any atom is 0.232 e. The summed E-state index contributed by atoms with van der Waals surface area (Å²) in [5.74, 6) is 0.400. The average molecular weight is 445 g/mol. The first kappa shape index (κ1) is 23.1. The van der Waals surface area contributed by atoms with Crippen molar-refractivity contribution in [1.82, 2.24) is 5.32 Å².